The lowest BCUT2D eigenvalue weighted by Gasteiger charge is -2.23. The molecular weight excluding hydrogens is 282 g/mol. The minimum atomic E-state index is 0.557. The van der Waals surface area contributed by atoms with Crippen LogP contribution in [0.4, 0.5) is 0 Å². The van der Waals surface area contributed by atoms with Crippen LogP contribution in [0.2, 0.25) is 5.15 Å². The molecule has 1 fully saturated rings. The number of unbranched alkanes of at least 4 members (excludes halogenated alkanes) is 1. The Balaban J connectivity index is 1.82. The molecule has 120 valence electrons. The topological polar surface area (TPSA) is 40.7 Å². The van der Waals surface area contributed by atoms with Crippen LogP contribution in [0.1, 0.15) is 76.7 Å². The van der Waals surface area contributed by atoms with Crippen molar-refractivity contribution in [1.82, 2.24) is 15.3 Å². The van der Waals surface area contributed by atoms with Crippen molar-refractivity contribution in [3.63, 3.8) is 0 Å². The summed E-state index contributed by atoms with van der Waals surface area (Å²) < 4.78 is 0. The third-order valence-electron chi connectivity index (χ3n) is 4.75. The van der Waals surface area contributed by atoms with Crippen molar-refractivity contribution in [2.45, 2.75) is 84.2 Å². The first-order chi connectivity index (χ1) is 10.2. The van der Waals surface area contributed by atoms with Gasteiger partial charge >= 0.3 is 0 Å². The van der Waals surface area contributed by atoms with E-state index in [1.807, 2.05) is 0 Å². The maximum Gasteiger partial charge on any atom is 0.151 e. The highest BCUT2D eigenvalue weighted by Crippen LogP contribution is 2.25. The number of hydrogen-bond acceptors (Lipinski definition) is 2. The molecule has 3 nitrogen and oxygen atoms in total. The average Bonchev–Trinajstić information content (AvgIpc) is 2.69. The number of halogens is 1. The molecule has 4 heteroatoms. The van der Waals surface area contributed by atoms with Crippen LogP contribution in [0.5, 0.6) is 0 Å². The predicted octanol–water partition coefficient (Wildman–Crippen LogP) is 4.85. The number of aromatic nitrogens is 2. The van der Waals surface area contributed by atoms with Gasteiger partial charge in [-0.05, 0) is 32.1 Å². The molecule has 1 heterocycles. The summed E-state index contributed by atoms with van der Waals surface area (Å²) in [4.78, 5) is 7.80. The predicted molar refractivity (Wildman–Crippen MR) is 89.7 cm³/mol. The highest BCUT2D eigenvalue weighted by molar-refractivity contribution is 6.30. The summed E-state index contributed by atoms with van der Waals surface area (Å²) in [7, 11) is 0. The van der Waals surface area contributed by atoms with E-state index in [9.17, 15) is 0 Å². The molecule has 2 rings (SSSR count). The molecule has 0 radical (unpaired) electrons. The Kier molecular flexibility index (Phi) is 7.05. The minimum Gasteiger partial charge on any atom is -0.344 e. The van der Waals surface area contributed by atoms with Crippen LogP contribution >= 0.6 is 11.6 Å². The number of aryl methyl sites for hydroxylation is 1. The van der Waals surface area contributed by atoms with E-state index in [1.54, 1.807) is 0 Å². The fourth-order valence-electron chi connectivity index (χ4n) is 3.26. The number of imidazole rings is 1. The van der Waals surface area contributed by atoms with Crippen LogP contribution in [0.25, 0.3) is 0 Å². The van der Waals surface area contributed by atoms with Crippen LogP contribution in [0.3, 0.4) is 0 Å². The first kappa shape index (κ1) is 16.8. The van der Waals surface area contributed by atoms with Gasteiger partial charge in [-0.2, -0.15) is 0 Å². The largest absolute Gasteiger partial charge is 0.344 e. The van der Waals surface area contributed by atoms with Crippen molar-refractivity contribution < 1.29 is 0 Å². The molecule has 1 aromatic rings. The van der Waals surface area contributed by atoms with Gasteiger partial charge in [-0.25, -0.2) is 4.98 Å². The maximum absolute atomic E-state index is 6.24. The van der Waals surface area contributed by atoms with Gasteiger partial charge in [0.25, 0.3) is 0 Å². The van der Waals surface area contributed by atoms with Crippen molar-refractivity contribution in [3.8, 4) is 0 Å². The molecule has 1 aliphatic carbocycles. The van der Waals surface area contributed by atoms with E-state index in [2.05, 4.69) is 29.1 Å². The monoisotopic (exact) mass is 311 g/mol. The minimum absolute atomic E-state index is 0.557. The molecule has 1 aliphatic rings. The Morgan fingerprint density at radius 2 is 2.00 bits per heavy atom. The highest BCUT2D eigenvalue weighted by Gasteiger charge is 2.19. The molecule has 0 bridgehead atoms. The van der Waals surface area contributed by atoms with Crippen LogP contribution in [-0.4, -0.2) is 16.0 Å². The smallest absolute Gasteiger partial charge is 0.151 e. The molecule has 0 spiro atoms. The fraction of sp³-hybridized carbons (Fsp3) is 0.824. The lowest BCUT2D eigenvalue weighted by atomic mass is 9.93. The number of H-pyrrole nitrogens is 1. The van der Waals surface area contributed by atoms with Gasteiger partial charge in [0.15, 0.2) is 5.15 Å². The Morgan fingerprint density at radius 3 is 2.67 bits per heavy atom. The Morgan fingerprint density at radius 1 is 1.29 bits per heavy atom. The maximum atomic E-state index is 6.24. The van der Waals surface area contributed by atoms with Crippen LogP contribution < -0.4 is 5.32 Å². The highest BCUT2D eigenvalue weighted by atomic mass is 35.5. The molecule has 1 atom stereocenters. The SMILES string of the molecule is CCCCc1nc(Cl)c(CN[C@@H](C)C2CCCCCC2)[nH]1. The Labute approximate surface area is 134 Å². The van der Waals surface area contributed by atoms with Crippen LogP contribution in [-0.2, 0) is 13.0 Å². The molecule has 0 aliphatic heterocycles. The van der Waals surface area contributed by atoms with Crippen molar-refractivity contribution >= 4 is 11.6 Å². The van der Waals surface area contributed by atoms with Gasteiger partial charge in [0.2, 0.25) is 0 Å². The zero-order chi connectivity index (χ0) is 15.1. The van der Waals surface area contributed by atoms with Gasteiger partial charge in [-0.1, -0.05) is 50.6 Å². The van der Waals surface area contributed by atoms with Crippen molar-refractivity contribution in [1.29, 1.82) is 0 Å². The van der Waals surface area contributed by atoms with Gasteiger partial charge in [0.05, 0.1) is 5.69 Å². The lowest BCUT2D eigenvalue weighted by molar-refractivity contribution is 0.336. The fourth-order valence-corrected chi connectivity index (χ4v) is 3.48. The van der Waals surface area contributed by atoms with Crippen molar-refractivity contribution in [2.75, 3.05) is 0 Å². The molecule has 0 unspecified atom stereocenters. The van der Waals surface area contributed by atoms with Crippen molar-refractivity contribution in [3.05, 3.63) is 16.7 Å². The Bertz CT molecular complexity index is 408. The third kappa shape index (κ3) is 5.30. The van der Waals surface area contributed by atoms with E-state index >= 15 is 0 Å². The second kappa shape index (κ2) is 8.79. The summed E-state index contributed by atoms with van der Waals surface area (Å²) in [5.41, 5.74) is 1.04. The molecule has 0 amide bonds. The second-order valence-corrected chi connectivity index (χ2v) is 6.84. The second-order valence-electron chi connectivity index (χ2n) is 6.48. The number of nitrogens with zero attached hydrogens (tertiary/aromatic N) is 1. The summed E-state index contributed by atoms with van der Waals surface area (Å²) in [6, 6.07) is 0.557. The molecule has 1 saturated carbocycles. The number of nitrogens with one attached hydrogen (secondary N) is 2. The normalized spacial score (nSPS) is 18.6. The molecule has 21 heavy (non-hydrogen) atoms. The quantitative estimate of drug-likeness (QED) is 0.706. The van der Waals surface area contributed by atoms with E-state index < -0.39 is 0 Å². The number of rotatable bonds is 7. The summed E-state index contributed by atoms with van der Waals surface area (Å²) in [6.45, 7) is 5.31. The molecule has 2 N–H and O–H groups in total. The lowest BCUT2D eigenvalue weighted by Crippen LogP contribution is -2.33. The standard InChI is InChI=1S/C17H30ClN3/c1-3-4-11-16-20-15(17(18)21-16)12-19-13(2)14-9-7-5-6-8-10-14/h13-14,19H,3-12H2,1-2H3,(H,20,21)/t13-/m0/s1. The summed E-state index contributed by atoms with van der Waals surface area (Å²) in [5.74, 6) is 1.84. The number of aromatic amines is 1. The van der Waals surface area contributed by atoms with E-state index in [1.165, 1.54) is 44.9 Å². The van der Waals surface area contributed by atoms with Crippen molar-refractivity contribution in [2.24, 2.45) is 5.92 Å². The first-order valence-corrected chi connectivity index (χ1v) is 9.05. The van der Waals surface area contributed by atoms with Gasteiger partial charge in [0, 0.05) is 19.0 Å². The van der Waals surface area contributed by atoms with Crippen LogP contribution in [0, 0.1) is 5.92 Å². The van der Waals surface area contributed by atoms with E-state index in [4.69, 9.17) is 11.6 Å². The first-order valence-electron chi connectivity index (χ1n) is 8.67. The zero-order valence-electron chi connectivity index (χ0n) is 13.6. The van der Waals surface area contributed by atoms with Gasteiger partial charge in [-0.15, -0.1) is 0 Å². The van der Waals surface area contributed by atoms with E-state index in [0.717, 1.165) is 36.8 Å². The van der Waals surface area contributed by atoms with Gasteiger partial charge in [0.1, 0.15) is 5.82 Å². The summed E-state index contributed by atoms with van der Waals surface area (Å²) >= 11 is 6.24. The average molecular weight is 312 g/mol. The summed E-state index contributed by atoms with van der Waals surface area (Å²) in [5, 5.41) is 4.29. The molecular formula is C17H30ClN3. The number of hydrogen-bond donors (Lipinski definition) is 2. The molecule has 0 aromatic carbocycles. The van der Waals surface area contributed by atoms with Gasteiger partial charge < -0.3 is 10.3 Å². The van der Waals surface area contributed by atoms with Crippen LogP contribution in [0.15, 0.2) is 0 Å². The Hall–Kier alpha value is -0.540. The van der Waals surface area contributed by atoms with Gasteiger partial charge in [-0.3, -0.25) is 0 Å². The third-order valence-corrected chi connectivity index (χ3v) is 5.06. The molecule has 1 aromatic heterocycles. The zero-order valence-corrected chi connectivity index (χ0v) is 14.3. The van der Waals surface area contributed by atoms with E-state index in [0.29, 0.717) is 11.2 Å². The summed E-state index contributed by atoms with van der Waals surface area (Å²) in [6.07, 6.45) is 11.7. The van der Waals surface area contributed by atoms with E-state index in [-0.39, 0.29) is 0 Å². The molecule has 0 saturated heterocycles.